The van der Waals surface area contributed by atoms with Crippen molar-refractivity contribution in [3.63, 3.8) is 0 Å². The molecule has 0 bridgehead atoms. The maximum Gasteiger partial charge on any atom is 0.0551 e. The lowest BCUT2D eigenvalue weighted by Crippen LogP contribution is -2.30. The van der Waals surface area contributed by atoms with E-state index in [4.69, 9.17) is 11.6 Å². The molecule has 1 nitrogen and oxygen atoms in total. The SMILES string of the molecule is Clc1ccc2c(c1Br)CCC1=CC(Br)=CNC1C2. The van der Waals surface area contributed by atoms with E-state index in [0.717, 1.165) is 33.2 Å². The highest BCUT2D eigenvalue weighted by molar-refractivity contribution is 9.12. The van der Waals surface area contributed by atoms with E-state index in [-0.39, 0.29) is 0 Å². The summed E-state index contributed by atoms with van der Waals surface area (Å²) in [6.45, 7) is 0. The second-order valence-electron chi connectivity index (χ2n) is 4.67. The molecule has 0 saturated carbocycles. The highest BCUT2D eigenvalue weighted by Gasteiger charge is 2.24. The molecule has 18 heavy (non-hydrogen) atoms. The quantitative estimate of drug-likeness (QED) is 0.677. The first-order valence-electron chi connectivity index (χ1n) is 5.93. The molecule has 1 aromatic rings. The number of allylic oxidation sites excluding steroid dienone is 2. The summed E-state index contributed by atoms with van der Waals surface area (Å²) < 4.78 is 2.18. The fraction of sp³-hybridized carbons (Fsp3) is 0.286. The summed E-state index contributed by atoms with van der Waals surface area (Å²) in [5.74, 6) is 0. The molecule has 0 fully saturated rings. The molecular weight excluding hydrogens is 377 g/mol. The number of dihydropyridines is 1. The summed E-state index contributed by atoms with van der Waals surface area (Å²) in [4.78, 5) is 0. The van der Waals surface area contributed by atoms with Crippen molar-refractivity contribution >= 4 is 43.5 Å². The standard InChI is InChI=1S/C14H12Br2ClN/c15-10-5-9-1-3-11-8(6-13(9)18-7-10)2-4-12(17)14(11)16/h2,4-5,7,13,18H,1,3,6H2. The van der Waals surface area contributed by atoms with Crippen molar-refractivity contribution in [2.75, 3.05) is 0 Å². The number of hydrogen-bond donors (Lipinski definition) is 1. The van der Waals surface area contributed by atoms with Crippen LogP contribution in [0.4, 0.5) is 0 Å². The molecule has 0 aromatic heterocycles. The largest absolute Gasteiger partial charge is 0.383 e. The van der Waals surface area contributed by atoms with Crippen LogP contribution < -0.4 is 5.32 Å². The minimum absolute atomic E-state index is 0.417. The van der Waals surface area contributed by atoms with Gasteiger partial charge in [0.1, 0.15) is 0 Å². The molecular formula is C14H12Br2ClN. The lowest BCUT2D eigenvalue weighted by Gasteiger charge is -2.22. The summed E-state index contributed by atoms with van der Waals surface area (Å²) in [6.07, 6.45) is 7.41. The molecule has 94 valence electrons. The molecule has 3 rings (SSSR count). The van der Waals surface area contributed by atoms with Gasteiger partial charge in [-0.3, -0.25) is 0 Å². The summed E-state index contributed by atoms with van der Waals surface area (Å²) >= 11 is 13.3. The van der Waals surface area contributed by atoms with Crippen molar-refractivity contribution in [2.45, 2.75) is 25.3 Å². The fourth-order valence-corrected chi connectivity index (χ4v) is 3.81. The van der Waals surface area contributed by atoms with Gasteiger partial charge in [0.15, 0.2) is 0 Å². The molecule has 1 aliphatic carbocycles. The van der Waals surface area contributed by atoms with Gasteiger partial charge in [0.25, 0.3) is 0 Å². The number of halogens is 3. The van der Waals surface area contributed by atoms with Crippen molar-refractivity contribution in [3.8, 4) is 0 Å². The maximum atomic E-state index is 6.18. The number of nitrogens with one attached hydrogen (secondary N) is 1. The van der Waals surface area contributed by atoms with Gasteiger partial charge in [0.05, 0.1) is 11.1 Å². The van der Waals surface area contributed by atoms with Crippen LogP contribution in [-0.2, 0) is 12.8 Å². The Morgan fingerprint density at radius 2 is 2.06 bits per heavy atom. The Labute approximate surface area is 129 Å². The Kier molecular flexibility index (Phi) is 3.57. The lowest BCUT2D eigenvalue weighted by molar-refractivity contribution is 0.640. The van der Waals surface area contributed by atoms with Crippen LogP contribution in [0.15, 0.2) is 38.9 Å². The van der Waals surface area contributed by atoms with Crippen LogP contribution in [0.25, 0.3) is 0 Å². The zero-order valence-corrected chi connectivity index (χ0v) is 13.6. The summed E-state index contributed by atoms with van der Waals surface area (Å²) in [6, 6.07) is 4.55. The van der Waals surface area contributed by atoms with Crippen LogP contribution in [0.1, 0.15) is 17.5 Å². The molecule has 1 unspecified atom stereocenters. The zero-order valence-electron chi connectivity index (χ0n) is 9.64. The Morgan fingerprint density at radius 1 is 1.22 bits per heavy atom. The normalized spacial score (nSPS) is 22.1. The van der Waals surface area contributed by atoms with E-state index in [1.165, 1.54) is 16.7 Å². The highest BCUT2D eigenvalue weighted by Crippen LogP contribution is 2.35. The van der Waals surface area contributed by atoms with Crippen LogP contribution in [0.3, 0.4) is 0 Å². The van der Waals surface area contributed by atoms with Crippen molar-refractivity contribution in [2.24, 2.45) is 0 Å². The summed E-state index contributed by atoms with van der Waals surface area (Å²) in [5.41, 5.74) is 4.21. The van der Waals surface area contributed by atoms with Gasteiger partial charge in [-0.05, 0) is 80.0 Å². The molecule has 0 spiro atoms. The van der Waals surface area contributed by atoms with Crippen molar-refractivity contribution in [3.05, 3.63) is 55.1 Å². The van der Waals surface area contributed by atoms with E-state index in [1.807, 2.05) is 12.3 Å². The lowest BCUT2D eigenvalue weighted by atomic mass is 9.98. The van der Waals surface area contributed by atoms with Crippen molar-refractivity contribution in [1.29, 1.82) is 0 Å². The van der Waals surface area contributed by atoms with Crippen LogP contribution in [0.5, 0.6) is 0 Å². The second-order valence-corrected chi connectivity index (χ2v) is 6.79. The minimum atomic E-state index is 0.417. The molecule has 1 N–H and O–H groups in total. The van der Waals surface area contributed by atoms with Gasteiger partial charge in [-0.25, -0.2) is 0 Å². The minimum Gasteiger partial charge on any atom is -0.383 e. The maximum absolute atomic E-state index is 6.18. The molecule has 2 aliphatic rings. The van der Waals surface area contributed by atoms with Gasteiger partial charge < -0.3 is 5.32 Å². The Hall–Kier alpha value is -0.250. The van der Waals surface area contributed by atoms with Gasteiger partial charge in [-0.1, -0.05) is 17.7 Å². The van der Waals surface area contributed by atoms with Crippen LogP contribution in [0, 0.1) is 0 Å². The molecule has 1 aromatic carbocycles. The Bertz CT molecular complexity index is 563. The predicted molar refractivity (Wildman–Crippen MR) is 83.2 cm³/mol. The third kappa shape index (κ3) is 2.28. The van der Waals surface area contributed by atoms with Crippen molar-refractivity contribution in [1.82, 2.24) is 5.32 Å². The van der Waals surface area contributed by atoms with Crippen LogP contribution >= 0.6 is 43.5 Å². The molecule has 0 saturated heterocycles. The second kappa shape index (κ2) is 5.03. The van der Waals surface area contributed by atoms with E-state index in [1.54, 1.807) is 0 Å². The molecule has 1 aliphatic heterocycles. The van der Waals surface area contributed by atoms with E-state index in [2.05, 4.69) is 49.3 Å². The number of rotatable bonds is 0. The van der Waals surface area contributed by atoms with E-state index >= 15 is 0 Å². The highest BCUT2D eigenvalue weighted by atomic mass is 79.9. The van der Waals surface area contributed by atoms with Gasteiger partial charge in [-0.2, -0.15) is 0 Å². The molecule has 4 heteroatoms. The zero-order chi connectivity index (χ0) is 12.7. The molecule has 0 amide bonds. The average molecular weight is 390 g/mol. The summed E-state index contributed by atoms with van der Waals surface area (Å²) in [5, 5.41) is 4.27. The first kappa shape index (κ1) is 12.8. The van der Waals surface area contributed by atoms with Crippen LogP contribution in [-0.4, -0.2) is 6.04 Å². The Morgan fingerprint density at radius 3 is 2.89 bits per heavy atom. The molecule has 0 radical (unpaired) electrons. The van der Waals surface area contributed by atoms with Gasteiger partial charge in [0.2, 0.25) is 0 Å². The average Bonchev–Trinajstić information content (AvgIpc) is 2.53. The van der Waals surface area contributed by atoms with E-state index < -0.39 is 0 Å². The Balaban J connectivity index is 2.00. The van der Waals surface area contributed by atoms with E-state index in [0.29, 0.717) is 6.04 Å². The number of fused-ring (bicyclic) bond motifs is 2. The third-order valence-corrected chi connectivity index (χ3v) is 5.48. The first-order valence-corrected chi connectivity index (χ1v) is 7.89. The third-order valence-electron chi connectivity index (χ3n) is 3.57. The fourth-order valence-electron chi connectivity index (χ4n) is 2.63. The van der Waals surface area contributed by atoms with Crippen molar-refractivity contribution < 1.29 is 0 Å². The smallest absolute Gasteiger partial charge is 0.0551 e. The molecule has 1 atom stereocenters. The van der Waals surface area contributed by atoms with Gasteiger partial charge in [-0.15, -0.1) is 0 Å². The number of benzene rings is 1. The summed E-state index contributed by atoms with van der Waals surface area (Å²) in [7, 11) is 0. The topological polar surface area (TPSA) is 12.0 Å². The van der Waals surface area contributed by atoms with E-state index in [9.17, 15) is 0 Å². The van der Waals surface area contributed by atoms with Gasteiger partial charge >= 0.3 is 0 Å². The van der Waals surface area contributed by atoms with Crippen LogP contribution in [0.2, 0.25) is 5.02 Å². The first-order chi connectivity index (χ1) is 8.65. The molecule has 1 heterocycles. The predicted octanol–water partition coefficient (Wildman–Crippen LogP) is 4.73. The van der Waals surface area contributed by atoms with Gasteiger partial charge in [0, 0.05) is 15.2 Å². The monoisotopic (exact) mass is 387 g/mol. The number of hydrogen-bond acceptors (Lipinski definition) is 1.